The van der Waals surface area contributed by atoms with Gasteiger partial charge in [0.1, 0.15) is 17.3 Å². The minimum absolute atomic E-state index is 0.0911. The van der Waals surface area contributed by atoms with Gasteiger partial charge in [0, 0.05) is 37.6 Å². The third kappa shape index (κ3) is 4.81. The third-order valence-corrected chi connectivity index (χ3v) is 6.11. The van der Waals surface area contributed by atoms with Crippen LogP contribution in [0.3, 0.4) is 0 Å². The molecule has 36 heavy (non-hydrogen) atoms. The summed E-state index contributed by atoms with van der Waals surface area (Å²) < 4.78 is 20.1. The summed E-state index contributed by atoms with van der Waals surface area (Å²) in [5, 5.41) is 6.16. The maximum Gasteiger partial charge on any atom is 0.274 e. The van der Waals surface area contributed by atoms with E-state index >= 15 is 0 Å². The number of nitrogens with zero attached hydrogens (tertiary/aromatic N) is 4. The van der Waals surface area contributed by atoms with Crippen LogP contribution in [0, 0.1) is 5.82 Å². The van der Waals surface area contributed by atoms with E-state index in [1.54, 1.807) is 9.80 Å². The molecule has 0 unspecified atom stereocenters. The molecule has 4 aromatic rings. The third-order valence-electron chi connectivity index (χ3n) is 6.11. The average Bonchev–Trinajstić information content (AvgIpc) is 2.92. The molecular formula is C27H23FN4O4. The van der Waals surface area contributed by atoms with Gasteiger partial charge in [-0.1, -0.05) is 36.4 Å². The standard InChI is InChI=1S/C27H23FN4O4/c28-20-8-10-21(11-9-20)32-25(33)13-12-23(29-32)27(35)31-16-14-30(15-17-31)26(34)18-36-24-7-3-5-19-4-1-2-6-22(19)24/h1-13H,14-18H2. The number of hydrogen-bond acceptors (Lipinski definition) is 5. The highest BCUT2D eigenvalue weighted by Crippen LogP contribution is 2.25. The van der Waals surface area contributed by atoms with Crippen molar-refractivity contribution in [2.24, 2.45) is 0 Å². The summed E-state index contributed by atoms with van der Waals surface area (Å²) in [4.78, 5) is 41.3. The lowest BCUT2D eigenvalue weighted by Crippen LogP contribution is -2.51. The minimum atomic E-state index is -0.436. The Hall–Kier alpha value is -4.53. The fourth-order valence-corrected chi connectivity index (χ4v) is 4.17. The first-order valence-corrected chi connectivity index (χ1v) is 11.5. The van der Waals surface area contributed by atoms with Crippen molar-refractivity contribution in [3.63, 3.8) is 0 Å². The first-order chi connectivity index (χ1) is 17.5. The van der Waals surface area contributed by atoms with Gasteiger partial charge in [-0.25, -0.2) is 4.39 Å². The quantitative estimate of drug-likeness (QED) is 0.433. The van der Waals surface area contributed by atoms with E-state index in [0.29, 0.717) is 37.6 Å². The highest BCUT2D eigenvalue weighted by atomic mass is 19.1. The number of amides is 2. The van der Waals surface area contributed by atoms with Crippen LogP contribution in [0.15, 0.2) is 83.7 Å². The van der Waals surface area contributed by atoms with Gasteiger partial charge < -0.3 is 14.5 Å². The van der Waals surface area contributed by atoms with Crippen molar-refractivity contribution in [1.82, 2.24) is 19.6 Å². The van der Waals surface area contributed by atoms with Gasteiger partial charge in [-0.15, -0.1) is 0 Å². The second kappa shape index (κ2) is 9.99. The van der Waals surface area contributed by atoms with E-state index in [1.165, 1.54) is 36.4 Å². The Morgan fingerprint density at radius 2 is 1.53 bits per heavy atom. The zero-order valence-corrected chi connectivity index (χ0v) is 19.3. The second-order valence-electron chi connectivity index (χ2n) is 8.38. The zero-order valence-electron chi connectivity index (χ0n) is 19.3. The van der Waals surface area contributed by atoms with Crippen molar-refractivity contribution in [3.05, 3.63) is 101 Å². The largest absolute Gasteiger partial charge is 0.483 e. The number of rotatable bonds is 5. The molecule has 8 nitrogen and oxygen atoms in total. The molecule has 0 atom stereocenters. The van der Waals surface area contributed by atoms with Gasteiger partial charge in [0.05, 0.1) is 5.69 Å². The molecule has 0 radical (unpaired) electrons. The van der Waals surface area contributed by atoms with E-state index < -0.39 is 11.4 Å². The summed E-state index contributed by atoms with van der Waals surface area (Å²) >= 11 is 0. The fraction of sp³-hybridized carbons (Fsp3) is 0.185. The lowest BCUT2D eigenvalue weighted by molar-refractivity contribution is -0.134. The van der Waals surface area contributed by atoms with Crippen LogP contribution < -0.4 is 10.3 Å². The molecule has 0 aliphatic carbocycles. The topological polar surface area (TPSA) is 84.7 Å². The molecule has 2 heterocycles. The molecule has 5 rings (SSSR count). The van der Waals surface area contributed by atoms with E-state index in [2.05, 4.69) is 5.10 Å². The van der Waals surface area contributed by atoms with E-state index in [0.717, 1.165) is 15.5 Å². The smallest absolute Gasteiger partial charge is 0.274 e. The van der Waals surface area contributed by atoms with Crippen molar-refractivity contribution >= 4 is 22.6 Å². The van der Waals surface area contributed by atoms with E-state index in [-0.39, 0.29) is 24.1 Å². The highest BCUT2D eigenvalue weighted by molar-refractivity contribution is 5.92. The number of hydrogen-bond donors (Lipinski definition) is 0. The molecule has 1 aliphatic heterocycles. The molecule has 0 bridgehead atoms. The van der Waals surface area contributed by atoms with E-state index in [4.69, 9.17) is 4.74 Å². The molecule has 0 spiro atoms. The lowest BCUT2D eigenvalue weighted by Gasteiger charge is -2.34. The monoisotopic (exact) mass is 486 g/mol. The predicted molar refractivity (Wildman–Crippen MR) is 132 cm³/mol. The van der Waals surface area contributed by atoms with Crippen LogP contribution in [-0.4, -0.2) is 64.2 Å². The zero-order chi connectivity index (χ0) is 25.1. The van der Waals surface area contributed by atoms with Crippen molar-refractivity contribution in [2.45, 2.75) is 0 Å². The minimum Gasteiger partial charge on any atom is -0.483 e. The van der Waals surface area contributed by atoms with Gasteiger partial charge >= 0.3 is 0 Å². The maximum atomic E-state index is 13.2. The van der Waals surface area contributed by atoms with Gasteiger partial charge in [0.15, 0.2) is 6.61 Å². The number of carbonyl (C=O) groups is 2. The summed E-state index contributed by atoms with van der Waals surface area (Å²) in [5.41, 5.74) is 0.0235. The number of aromatic nitrogens is 2. The first-order valence-electron chi connectivity index (χ1n) is 11.5. The van der Waals surface area contributed by atoms with Crippen molar-refractivity contribution in [2.75, 3.05) is 32.8 Å². The Kier molecular flexibility index (Phi) is 6.44. The fourth-order valence-electron chi connectivity index (χ4n) is 4.17. The normalized spacial score (nSPS) is 13.6. The van der Waals surface area contributed by atoms with Crippen LogP contribution in [0.25, 0.3) is 16.5 Å². The summed E-state index contributed by atoms with van der Waals surface area (Å²) in [6.07, 6.45) is 0. The van der Waals surface area contributed by atoms with Gasteiger partial charge in [0.2, 0.25) is 0 Å². The maximum absolute atomic E-state index is 13.2. The number of benzene rings is 3. The molecule has 9 heteroatoms. The molecule has 1 fully saturated rings. The number of ether oxygens (including phenoxy) is 1. The van der Waals surface area contributed by atoms with Gasteiger partial charge in [-0.05, 0) is 41.8 Å². The average molecular weight is 487 g/mol. The van der Waals surface area contributed by atoms with Crippen LogP contribution in [0.5, 0.6) is 5.75 Å². The molecule has 1 saturated heterocycles. The van der Waals surface area contributed by atoms with Crippen LogP contribution in [0.2, 0.25) is 0 Å². The lowest BCUT2D eigenvalue weighted by atomic mass is 10.1. The Labute approximate surface area is 206 Å². The highest BCUT2D eigenvalue weighted by Gasteiger charge is 2.26. The molecule has 0 saturated carbocycles. The summed E-state index contributed by atoms with van der Waals surface area (Å²) in [7, 11) is 0. The molecule has 3 aromatic carbocycles. The van der Waals surface area contributed by atoms with Crippen molar-refractivity contribution in [1.29, 1.82) is 0 Å². The van der Waals surface area contributed by atoms with Crippen molar-refractivity contribution in [3.8, 4) is 11.4 Å². The predicted octanol–water partition coefficient (Wildman–Crippen LogP) is 2.89. The van der Waals surface area contributed by atoms with Gasteiger partial charge in [-0.3, -0.25) is 14.4 Å². The van der Waals surface area contributed by atoms with E-state index in [9.17, 15) is 18.8 Å². The van der Waals surface area contributed by atoms with Gasteiger partial charge in [0.25, 0.3) is 17.4 Å². The molecule has 1 aliphatic rings. The van der Waals surface area contributed by atoms with Crippen LogP contribution >= 0.6 is 0 Å². The SMILES string of the molecule is O=C(COc1cccc2ccccc12)N1CCN(C(=O)c2ccc(=O)n(-c3ccc(F)cc3)n2)CC1. The number of halogens is 1. The molecular weight excluding hydrogens is 463 g/mol. The Bertz CT molecular complexity index is 1470. The summed E-state index contributed by atoms with van der Waals surface area (Å²) in [6.45, 7) is 1.29. The number of piperazine rings is 1. The second-order valence-corrected chi connectivity index (χ2v) is 8.38. The van der Waals surface area contributed by atoms with Crippen LogP contribution in [0.4, 0.5) is 4.39 Å². The van der Waals surface area contributed by atoms with Crippen LogP contribution in [-0.2, 0) is 4.79 Å². The van der Waals surface area contributed by atoms with Crippen molar-refractivity contribution < 1.29 is 18.7 Å². The molecule has 0 N–H and O–H groups in total. The Balaban J connectivity index is 1.20. The molecule has 1 aromatic heterocycles. The van der Waals surface area contributed by atoms with Crippen LogP contribution in [0.1, 0.15) is 10.5 Å². The number of carbonyl (C=O) groups excluding carboxylic acids is 2. The Morgan fingerprint density at radius 3 is 2.31 bits per heavy atom. The van der Waals surface area contributed by atoms with E-state index in [1.807, 2.05) is 42.5 Å². The summed E-state index contributed by atoms with van der Waals surface area (Å²) in [5.74, 6) is -0.283. The first kappa shape index (κ1) is 23.2. The number of fused-ring (bicyclic) bond motifs is 1. The summed E-state index contributed by atoms with van der Waals surface area (Å²) in [6, 6.07) is 21.4. The molecule has 2 amide bonds. The molecule has 182 valence electrons. The Morgan fingerprint density at radius 1 is 0.833 bits per heavy atom. The van der Waals surface area contributed by atoms with Gasteiger partial charge in [-0.2, -0.15) is 9.78 Å².